The van der Waals surface area contributed by atoms with Crippen molar-refractivity contribution in [1.82, 2.24) is 0 Å². The van der Waals surface area contributed by atoms with Crippen LogP contribution in [0.1, 0.15) is 30.9 Å². The Bertz CT molecular complexity index is 406. The van der Waals surface area contributed by atoms with Crippen molar-refractivity contribution in [3.63, 3.8) is 0 Å². The molecule has 0 saturated carbocycles. The van der Waals surface area contributed by atoms with Gasteiger partial charge in [-0.3, -0.25) is 0 Å². The molecule has 0 heterocycles. The third-order valence-electron chi connectivity index (χ3n) is 2.27. The van der Waals surface area contributed by atoms with Crippen LogP contribution in [0.15, 0.2) is 18.2 Å². The molecule has 0 unspecified atom stereocenters. The van der Waals surface area contributed by atoms with Gasteiger partial charge in [-0.1, -0.05) is 31.3 Å². The highest BCUT2D eigenvalue weighted by Gasteiger charge is 2.01. The lowest BCUT2D eigenvalue weighted by atomic mass is 10.1. The summed E-state index contributed by atoms with van der Waals surface area (Å²) in [5, 5.41) is 0. The summed E-state index contributed by atoms with van der Waals surface area (Å²) in [5.74, 6) is 5.04. The van der Waals surface area contributed by atoms with Gasteiger partial charge in [0.1, 0.15) is 5.82 Å². The molecule has 2 N–H and O–H groups in total. The molecule has 92 valence electrons. The van der Waals surface area contributed by atoms with Crippen LogP contribution in [0.5, 0.6) is 0 Å². The minimum absolute atomic E-state index is 0.233. The number of rotatable bonds is 5. The van der Waals surface area contributed by atoms with Gasteiger partial charge in [0.2, 0.25) is 0 Å². The lowest BCUT2D eigenvalue weighted by Crippen LogP contribution is -1.97. The Labute approximate surface area is 102 Å². The van der Waals surface area contributed by atoms with Gasteiger partial charge >= 0.3 is 0 Å². The molecule has 3 heteroatoms. The molecule has 0 atom stereocenters. The van der Waals surface area contributed by atoms with E-state index in [1.165, 1.54) is 6.07 Å². The Hall–Kier alpha value is -1.37. The van der Waals surface area contributed by atoms with Crippen molar-refractivity contribution in [1.29, 1.82) is 0 Å². The highest BCUT2D eigenvalue weighted by molar-refractivity contribution is 5.38. The third-order valence-corrected chi connectivity index (χ3v) is 2.27. The fourth-order valence-corrected chi connectivity index (χ4v) is 1.34. The van der Waals surface area contributed by atoms with Gasteiger partial charge in [-0.2, -0.15) is 0 Å². The highest BCUT2D eigenvalue weighted by Crippen LogP contribution is 2.10. The molecule has 0 bridgehead atoms. The first-order chi connectivity index (χ1) is 8.27. The van der Waals surface area contributed by atoms with Gasteiger partial charge in [-0.25, -0.2) is 4.39 Å². The molecule has 0 aliphatic rings. The zero-order valence-corrected chi connectivity index (χ0v) is 10.1. The van der Waals surface area contributed by atoms with Crippen molar-refractivity contribution in [3.05, 3.63) is 35.1 Å². The summed E-state index contributed by atoms with van der Waals surface area (Å²) in [6.07, 6.45) is 2.15. The minimum atomic E-state index is -0.316. The average Bonchev–Trinajstić information content (AvgIpc) is 2.35. The van der Waals surface area contributed by atoms with E-state index in [4.69, 9.17) is 10.5 Å². The SMILES string of the molecule is CCCCOCc1ccc(F)c(C#CCN)c1. The molecule has 0 radical (unpaired) electrons. The van der Waals surface area contributed by atoms with Crippen LogP contribution >= 0.6 is 0 Å². The Balaban J connectivity index is 2.61. The van der Waals surface area contributed by atoms with E-state index in [1.807, 2.05) is 0 Å². The predicted molar refractivity (Wildman–Crippen MR) is 66.9 cm³/mol. The minimum Gasteiger partial charge on any atom is -0.377 e. The maximum atomic E-state index is 13.4. The van der Waals surface area contributed by atoms with Gasteiger partial charge in [-0.05, 0) is 24.1 Å². The molecule has 0 aliphatic carbocycles. The van der Waals surface area contributed by atoms with E-state index in [2.05, 4.69) is 18.8 Å². The Morgan fingerprint density at radius 1 is 1.41 bits per heavy atom. The van der Waals surface area contributed by atoms with Crippen molar-refractivity contribution in [2.45, 2.75) is 26.4 Å². The van der Waals surface area contributed by atoms with E-state index < -0.39 is 0 Å². The van der Waals surface area contributed by atoms with Crippen molar-refractivity contribution < 1.29 is 9.13 Å². The van der Waals surface area contributed by atoms with E-state index in [-0.39, 0.29) is 12.4 Å². The van der Waals surface area contributed by atoms with Crippen molar-refractivity contribution >= 4 is 0 Å². The summed E-state index contributed by atoms with van der Waals surface area (Å²) in [5.41, 5.74) is 6.57. The van der Waals surface area contributed by atoms with E-state index >= 15 is 0 Å². The summed E-state index contributed by atoms with van der Waals surface area (Å²) in [6, 6.07) is 4.85. The average molecular weight is 235 g/mol. The van der Waals surface area contributed by atoms with Crippen LogP contribution in [0.4, 0.5) is 4.39 Å². The van der Waals surface area contributed by atoms with Crippen LogP contribution in [0.2, 0.25) is 0 Å². The van der Waals surface area contributed by atoms with Crippen LogP contribution in [0, 0.1) is 17.7 Å². The smallest absolute Gasteiger partial charge is 0.138 e. The molecule has 2 nitrogen and oxygen atoms in total. The molecule has 0 amide bonds. The first-order valence-electron chi connectivity index (χ1n) is 5.83. The van der Waals surface area contributed by atoms with Crippen LogP contribution in [0.3, 0.4) is 0 Å². The number of unbranched alkanes of at least 4 members (excludes halogenated alkanes) is 1. The molecule has 1 rings (SSSR count). The van der Waals surface area contributed by atoms with E-state index in [0.29, 0.717) is 12.2 Å². The number of ether oxygens (including phenoxy) is 1. The molecule has 0 spiro atoms. The maximum Gasteiger partial charge on any atom is 0.138 e. The van der Waals surface area contributed by atoms with Crippen LogP contribution < -0.4 is 5.73 Å². The summed E-state index contributed by atoms with van der Waals surface area (Å²) in [6.45, 7) is 3.58. The number of benzene rings is 1. The lowest BCUT2D eigenvalue weighted by molar-refractivity contribution is 0.118. The van der Waals surface area contributed by atoms with Gasteiger partial charge in [0.15, 0.2) is 0 Å². The lowest BCUT2D eigenvalue weighted by Gasteiger charge is -2.04. The number of halogens is 1. The van der Waals surface area contributed by atoms with Crippen molar-refractivity contribution in [2.75, 3.05) is 13.2 Å². The fraction of sp³-hybridized carbons (Fsp3) is 0.429. The molecule has 1 aromatic carbocycles. The van der Waals surface area contributed by atoms with Gasteiger partial charge in [0, 0.05) is 6.61 Å². The zero-order chi connectivity index (χ0) is 12.5. The molecule has 0 saturated heterocycles. The second kappa shape index (κ2) is 7.83. The maximum absolute atomic E-state index is 13.4. The van der Waals surface area contributed by atoms with Gasteiger partial charge < -0.3 is 10.5 Å². The molecule has 1 aromatic rings. The molecule has 17 heavy (non-hydrogen) atoms. The second-order valence-corrected chi connectivity index (χ2v) is 3.73. The van der Waals surface area contributed by atoms with Crippen molar-refractivity contribution in [2.24, 2.45) is 5.73 Å². The normalized spacial score (nSPS) is 9.82. The molecule has 0 aromatic heterocycles. The second-order valence-electron chi connectivity index (χ2n) is 3.73. The van der Waals surface area contributed by atoms with Gasteiger partial charge in [0.25, 0.3) is 0 Å². The predicted octanol–water partition coefficient (Wildman–Crippen LogP) is 2.45. The van der Waals surface area contributed by atoms with E-state index in [0.717, 1.165) is 25.0 Å². The van der Waals surface area contributed by atoms with E-state index in [1.54, 1.807) is 12.1 Å². The first kappa shape index (κ1) is 13.7. The van der Waals surface area contributed by atoms with Gasteiger partial charge in [-0.15, -0.1) is 0 Å². The largest absolute Gasteiger partial charge is 0.377 e. The topological polar surface area (TPSA) is 35.2 Å². The molecule has 0 aliphatic heterocycles. The highest BCUT2D eigenvalue weighted by atomic mass is 19.1. The Morgan fingerprint density at radius 2 is 2.24 bits per heavy atom. The summed E-state index contributed by atoms with van der Waals surface area (Å²) in [7, 11) is 0. The van der Waals surface area contributed by atoms with Crippen LogP contribution in [-0.2, 0) is 11.3 Å². The first-order valence-corrected chi connectivity index (χ1v) is 5.83. The quantitative estimate of drug-likeness (QED) is 0.628. The van der Waals surface area contributed by atoms with E-state index in [9.17, 15) is 4.39 Å². The standard InChI is InChI=1S/C14H18FNO/c1-2-3-9-17-11-12-6-7-14(15)13(10-12)5-4-8-16/h6-7,10H,2-3,8-9,11,16H2,1H3. The number of hydrogen-bond donors (Lipinski definition) is 1. The summed E-state index contributed by atoms with van der Waals surface area (Å²) in [4.78, 5) is 0. The number of nitrogens with two attached hydrogens (primary N) is 1. The third kappa shape index (κ3) is 4.99. The Kier molecular flexibility index (Phi) is 6.31. The monoisotopic (exact) mass is 235 g/mol. The molecular weight excluding hydrogens is 217 g/mol. The van der Waals surface area contributed by atoms with Crippen molar-refractivity contribution in [3.8, 4) is 11.8 Å². The fourth-order valence-electron chi connectivity index (χ4n) is 1.34. The van der Waals surface area contributed by atoms with Crippen LogP contribution in [0.25, 0.3) is 0 Å². The zero-order valence-electron chi connectivity index (χ0n) is 10.1. The summed E-state index contributed by atoms with van der Waals surface area (Å²) < 4.78 is 18.8. The van der Waals surface area contributed by atoms with Gasteiger partial charge in [0.05, 0.1) is 18.7 Å². The van der Waals surface area contributed by atoms with Crippen LogP contribution in [-0.4, -0.2) is 13.2 Å². The summed E-state index contributed by atoms with van der Waals surface area (Å²) >= 11 is 0. The number of hydrogen-bond acceptors (Lipinski definition) is 2. The Morgan fingerprint density at radius 3 is 2.94 bits per heavy atom. The molecular formula is C14H18FNO. The molecule has 0 fully saturated rings.